The minimum absolute atomic E-state index is 0.145. The second-order valence-corrected chi connectivity index (χ2v) is 3.76. The molecule has 0 aliphatic carbocycles. The molecule has 0 aliphatic heterocycles. The molecular formula is C12H13FN2O2. The molecule has 0 aliphatic rings. The number of hydrogen-bond acceptors (Lipinski definition) is 4. The Morgan fingerprint density at radius 3 is 2.65 bits per heavy atom. The SMILES string of the molecule is CN(Cc1ccc(F)cc1)c1nc(CO)co1. The fourth-order valence-electron chi connectivity index (χ4n) is 1.48. The Balaban J connectivity index is 2.05. The van der Waals surface area contributed by atoms with Gasteiger partial charge in [-0.3, -0.25) is 0 Å². The van der Waals surface area contributed by atoms with Gasteiger partial charge in [0.05, 0.1) is 6.61 Å². The Hall–Kier alpha value is -1.88. The number of benzene rings is 1. The lowest BCUT2D eigenvalue weighted by Crippen LogP contribution is -2.16. The molecule has 0 radical (unpaired) electrons. The summed E-state index contributed by atoms with van der Waals surface area (Å²) in [5.74, 6) is -0.255. The molecule has 5 heteroatoms. The average Bonchev–Trinajstić information content (AvgIpc) is 2.81. The van der Waals surface area contributed by atoms with Gasteiger partial charge in [-0.25, -0.2) is 4.39 Å². The predicted molar refractivity (Wildman–Crippen MR) is 60.9 cm³/mol. The van der Waals surface area contributed by atoms with Crippen LogP contribution in [-0.2, 0) is 13.2 Å². The molecule has 0 saturated heterocycles. The summed E-state index contributed by atoms with van der Waals surface area (Å²) < 4.78 is 17.9. The van der Waals surface area contributed by atoms with Crippen molar-refractivity contribution in [2.24, 2.45) is 0 Å². The molecule has 0 fully saturated rings. The molecule has 0 amide bonds. The number of aliphatic hydroxyl groups is 1. The highest BCUT2D eigenvalue weighted by Crippen LogP contribution is 2.15. The van der Waals surface area contributed by atoms with Crippen molar-refractivity contribution < 1.29 is 13.9 Å². The van der Waals surface area contributed by atoms with Crippen LogP contribution < -0.4 is 4.90 Å². The Morgan fingerprint density at radius 2 is 2.06 bits per heavy atom. The van der Waals surface area contributed by atoms with Crippen molar-refractivity contribution >= 4 is 6.01 Å². The van der Waals surface area contributed by atoms with E-state index < -0.39 is 0 Å². The number of hydrogen-bond donors (Lipinski definition) is 1. The van der Waals surface area contributed by atoms with Gasteiger partial charge in [0.25, 0.3) is 6.01 Å². The topological polar surface area (TPSA) is 49.5 Å². The van der Waals surface area contributed by atoms with E-state index in [-0.39, 0.29) is 12.4 Å². The Bertz CT molecular complexity index is 482. The summed E-state index contributed by atoms with van der Waals surface area (Å²) in [4.78, 5) is 5.86. The average molecular weight is 236 g/mol. The maximum Gasteiger partial charge on any atom is 0.297 e. The van der Waals surface area contributed by atoms with Crippen molar-refractivity contribution in [1.29, 1.82) is 0 Å². The summed E-state index contributed by atoms with van der Waals surface area (Å²) in [6.45, 7) is 0.416. The molecule has 0 saturated carbocycles. The summed E-state index contributed by atoms with van der Waals surface area (Å²) in [5.41, 5.74) is 1.45. The first-order chi connectivity index (χ1) is 8.19. The molecule has 17 heavy (non-hydrogen) atoms. The lowest BCUT2D eigenvalue weighted by atomic mass is 10.2. The van der Waals surface area contributed by atoms with Crippen molar-refractivity contribution in [3.63, 3.8) is 0 Å². The number of nitrogens with zero attached hydrogens (tertiary/aromatic N) is 2. The van der Waals surface area contributed by atoms with Crippen molar-refractivity contribution in [3.8, 4) is 0 Å². The van der Waals surface area contributed by atoms with E-state index >= 15 is 0 Å². The molecule has 1 heterocycles. The van der Waals surface area contributed by atoms with Crippen LogP contribution in [0.1, 0.15) is 11.3 Å². The smallest absolute Gasteiger partial charge is 0.297 e. The van der Waals surface area contributed by atoms with E-state index in [0.29, 0.717) is 18.3 Å². The van der Waals surface area contributed by atoms with Gasteiger partial charge in [-0.15, -0.1) is 0 Å². The highest BCUT2D eigenvalue weighted by molar-refractivity contribution is 5.29. The van der Waals surface area contributed by atoms with Crippen LogP contribution in [0.25, 0.3) is 0 Å². The van der Waals surface area contributed by atoms with Crippen molar-refractivity contribution in [3.05, 3.63) is 47.6 Å². The van der Waals surface area contributed by atoms with Gasteiger partial charge in [-0.1, -0.05) is 12.1 Å². The molecule has 1 N–H and O–H groups in total. The molecule has 2 aromatic rings. The quantitative estimate of drug-likeness (QED) is 0.881. The Labute approximate surface area is 98.3 Å². The van der Waals surface area contributed by atoms with Crippen molar-refractivity contribution in [1.82, 2.24) is 4.98 Å². The van der Waals surface area contributed by atoms with Gasteiger partial charge in [0, 0.05) is 13.6 Å². The van der Waals surface area contributed by atoms with E-state index in [1.807, 2.05) is 7.05 Å². The molecule has 0 unspecified atom stereocenters. The monoisotopic (exact) mass is 236 g/mol. The first-order valence-electron chi connectivity index (χ1n) is 5.20. The maximum atomic E-state index is 12.7. The molecule has 1 aromatic carbocycles. The van der Waals surface area contributed by atoms with Gasteiger partial charge in [-0.2, -0.15) is 4.98 Å². The van der Waals surface area contributed by atoms with Crippen LogP contribution in [-0.4, -0.2) is 17.1 Å². The predicted octanol–water partition coefficient (Wildman–Crippen LogP) is 1.94. The number of aliphatic hydroxyl groups excluding tert-OH is 1. The van der Waals surface area contributed by atoms with Crippen molar-refractivity contribution in [2.45, 2.75) is 13.2 Å². The second-order valence-electron chi connectivity index (χ2n) is 3.76. The maximum absolute atomic E-state index is 12.7. The summed E-state index contributed by atoms with van der Waals surface area (Å²) in [5, 5.41) is 8.87. The third-order valence-electron chi connectivity index (χ3n) is 2.36. The van der Waals surface area contributed by atoms with E-state index in [4.69, 9.17) is 9.52 Å². The third kappa shape index (κ3) is 2.82. The van der Waals surface area contributed by atoms with Gasteiger partial charge >= 0.3 is 0 Å². The summed E-state index contributed by atoms with van der Waals surface area (Å²) in [6.07, 6.45) is 1.41. The summed E-state index contributed by atoms with van der Waals surface area (Å²) in [6, 6.07) is 6.68. The van der Waals surface area contributed by atoms with Crippen LogP contribution in [0, 0.1) is 5.82 Å². The number of oxazole rings is 1. The summed E-state index contributed by atoms with van der Waals surface area (Å²) in [7, 11) is 1.82. The van der Waals surface area contributed by atoms with Crippen LogP contribution in [0.3, 0.4) is 0 Å². The largest absolute Gasteiger partial charge is 0.432 e. The van der Waals surface area contributed by atoms with Gasteiger partial charge in [0.1, 0.15) is 17.8 Å². The minimum Gasteiger partial charge on any atom is -0.432 e. The number of aromatic nitrogens is 1. The van der Waals surface area contributed by atoms with E-state index in [9.17, 15) is 4.39 Å². The normalized spacial score (nSPS) is 10.5. The third-order valence-corrected chi connectivity index (χ3v) is 2.36. The van der Waals surface area contributed by atoms with E-state index in [1.165, 1.54) is 18.4 Å². The Morgan fingerprint density at radius 1 is 1.35 bits per heavy atom. The van der Waals surface area contributed by atoms with Crippen LogP contribution in [0.5, 0.6) is 0 Å². The van der Waals surface area contributed by atoms with Crippen LogP contribution in [0.15, 0.2) is 34.9 Å². The standard InChI is InChI=1S/C12H13FN2O2/c1-15(12-14-11(7-16)8-17-12)6-9-2-4-10(13)5-3-9/h2-5,8,16H,6-7H2,1H3. The zero-order chi connectivity index (χ0) is 12.3. The first-order valence-corrected chi connectivity index (χ1v) is 5.20. The second kappa shape index (κ2) is 4.97. The lowest BCUT2D eigenvalue weighted by Gasteiger charge is -2.14. The number of rotatable bonds is 4. The highest BCUT2D eigenvalue weighted by atomic mass is 19.1. The molecular weight excluding hydrogens is 223 g/mol. The van der Waals surface area contributed by atoms with Crippen molar-refractivity contribution in [2.75, 3.05) is 11.9 Å². The number of anilines is 1. The highest BCUT2D eigenvalue weighted by Gasteiger charge is 2.09. The van der Waals surface area contributed by atoms with E-state index in [1.54, 1.807) is 17.0 Å². The van der Waals surface area contributed by atoms with Gasteiger partial charge in [-0.05, 0) is 17.7 Å². The Kier molecular flexibility index (Phi) is 3.39. The lowest BCUT2D eigenvalue weighted by molar-refractivity contribution is 0.276. The zero-order valence-corrected chi connectivity index (χ0v) is 9.43. The molecule has 4 nitrogen and oxygen atoms in total. The molecule has 90 valence electrons. The fourth-order valence-corrected chi connectivity index (χ4v) is 1.48. The van der Waals surface area contributed by atoms with Crippen LogP contribution in [0.2, 0.25) is 0 Å². The molecule has 0 atom stereocenters. The van der Waals surface area contributed by atoms with Gasteiger partial charge in [0.15, 0.2) is 0 Å². The molecule has 0 bridgehead atoms. The first kappa shape index (κ1) is 11.6. The molecule has 0 spiro atoms. The van der Waals surface area contributed by atoms with Crippen LogP contribution in [0.4, 0.5) is 10.4 Å². The number of halogens is 1. The van der Waals surface area contributed by atoms with E-state index in [0.717, 1.165) is 5.56 Å². The fraction of sp³-hybridized carbons (Fsp3) is 0.250. The van der Waals surface area contributed by atoms with E-state index in [2.05, 4.69) is 4.98 Å². The molecule has 2 rings (SSSR count). The minimum atomic E-state index is -0.255. The zero-order valence-electron chi connectivity index (χ0n) is 9.43. The van der Waals surface area contributed by atoms with Gasteiger partial charge < -0.3 is 14.4 Å². The summed E-state index contributed by atoms with van der Waals surface area (Å²) >= 11 is 0. The molecule has 1 aromatic heterocycles. The van der Waals surface area contributed by atoms with Crippen LogP contribution >= 0.6 is 0 Å². The van der Waals surface area contributed by atoms with Gasteiger partial charge in [0.2, 0.25) is 0 Å².